The summed E-state index contributed by atoms with van der Waals surface area (Å²) < 4.78 is 6.67. The van der Waals surface area contributed by atoms with E-state index >= 15 is 0 Å². The van der Waals surface area contributed by atoms with Gasteiger partial charge in [0, 0.05) is 28.8 Å². The number of anilines is 1. The number of nitrogens with zero attached hydrogens (tertiary/aromatic N) is 1. The number of hydrogen-bond acceptors (Lipinski definition) is 3. The van der Waals surface area contributed by atoms with E-state index < -0.39 is 0 Å². The Morgan fingerprint density at radius 2 is 2.18 bits per heavy atom. The average molecular weight is 363 g/mol. The topological polar surface area (TPSA) is 59.5 Å². The zero-order chi connectivity index (χ0) is 15.7. The summed E-state index contributed by atoms with van der Waals surface area (Å²) in [6.07, 6.45) is 2.24. The third kappa shape index (κ3) is 3.04. The molecule has 4 nitrogen and oxygen atoms in total. The molecule has 1 aromatic heterocycles. The van der Waals surface area contributed by atoms with Gasteiger partial charge in [-0.05, 0) is 49.1 Å². The lowest BCUT2D eigenvalue weighted by molar-refractivity contribution is 0.0652. The molecular formula is C17H19BrN2O2. The number of carbonyl (C=O) groups excluding carboxylic acids is 1. The number of furan rings is 1. The summed E-state index contributed by atoms with van der Waals surface area (Å²) >= 11 is 3.38. The summed E-state index contributed by atoms with van der Waals surface area (Å²) in [5.41, 5.74) is 7.43. The molecule has 1 atom stereocenters. The summed E-state index contributed by atoms with van der Waals surface area (Å²) in [7, 11) is 0. The molecule has 0 bridgehead atoms. The molecule has 1 saturated heterocycles. The summed E-state index contributed by atoms with van der Waals surface area (Å²) in [5.74, 6) is 1.52. The Hall–Kier alpha value is -1.75. The van der Waals surface area contributed by atoms with Crippen molar-refractivity contribution in [3.63, 3.8) is 0 Å². The molecule has 0 radical (unpaired) electrons. The first-order chi connectivity index (χ1) is 10.5. The maximum atomic E-state index is 12.5. The van der Waals surface area contributed by atoms with E-state index in [1.54, 1.807) is 12.1 Å². The number of halogens is 1. The molecular weight excluding hydrogens is 344 g/mol. The lowest BCUT2D eigenvalue weighted by Crippen LogP contribution is -2.38. The van der Waals surface area contributed by atoms with Crippen molar-refractivity contribution in [3.05, 3.63) is 40.6 Å². The minimum absolute atomic E-state index is 0.0338. The van der Waals surface area contributed by atoms with Crippen molar-refractivity contribution in [2.45, 2.75) is 19.8 Å². The highest BCUT2D eigenvalue weighted by atomic mass is 79.9. The van der Waals surface area contributed by atoms with Gasteiger partial charge in [0.25, 0.3) is 5.91 Å². The lowest BCUT2D eigenvalue weighted by Gasteiger charge is -2.30. The van der Waals surface area contributed by atoms with E-state index in [2.05, 4.69) is 22.9 Å². The molecule has 1 aromatic carbocycles. The van der Waals surface area contributed by atoms with Crippen molar-refractivity contribution < 1.29 is 9.21 Å². The minimum Gasteiger partial charge on any atom is -0.451 e. The Morgan fingerprint density at radius 3 is 2.91 bits per heavy atom. The minimum atomic E-state index is -0.0338. The van der Waals surface area contributed by atoms with Crippen LogP contribution < -0.4 is 5.73 Å². The molecule has 0 aliphatic carbocycles. The van der Waals surface area contributed by atoms with Crippen LogP contribution >= 0.6 is 15.9 Å². The number of carbonyl (C=O) groups is 1. The van der Waals surface area contributed by atoms with Crippen LogP contribution in [0.2, 0.25) is 0 Å². The molecule has 2 N–H and O–H groups in total. The van der Waals surface area contributed by atoms with Gasteiger partial charge in [0.15, 0.2) is 5.76 Å². The average Bonchev–Trinajstić information content (AvgIpc) is 2.96. The van der Waals surface area contributed by atoms with Gasteiger partial charge in [-0.3, -0.25) is 4.79 Å². The molecule has 0 saturated carbocycles. The number of piperidine rings is 1. The van der Waals surface area contributed by atoms with E-state index in [9.17, 15) is 4.79 Å². The second-order valence-electron chi connectivity index (χ2n) is 5.89. The van der Waals surface area contributed by atoms with E-state index in [-0.39, 0.29) is 5.91 Å². The normalized spacial score (nSPS) is 18.5. The molecule has 0 unspecified atom stereocenters. The number of benzene rings is 1. The van der Waals surface area contributed by atoms with Crippen LogP contribution in [0.1, 0.15) is 30.3 Å². The molecule has 1 aliphatic rings. The van der Waals surface area contributed by atoms with Crippen molar-refractivity contribution in [2.75, 3.05) is 18.8 Å². The number of nitrogen functional groups attached to an aromatic ring is 1. The fourth-order valence-corrected chi connectivity index (χ4v) is 3.26. The second-order valence-corrected chi connectivity index (χ2v) is 6.81. The summed E-state index contributed by atoms with van der Waals surface area (Å²) in [5, 5.41) is 0. The maximum Gasteiger partial charge on any atom is 0.289 e. The van der Waals surface area contributed by atoms with Crippen LogP contribution in [0.25, 0.3) is 11.3 Å². The van der Waals surface area contributed by atoms with Crippen molar-refractivity contribution in [3.8, 4) is 11.3 Å². The molecule has 2 heterocycles. The van der Waals surface area contributed by atoms with E-state index in [0.29, 0.717) is 23.1 Å². The van der Waals surface area contributed by atoms with Gasteiger partial charge in [-0.25, -0.2) is 0 Å². The fraction of sp³-hybridized carbons (Fsp3) is 0.353. The highest BCUT2D eigenvalue weighted by molar-refractivity contribution is 9.10. The standard InChI is InChI=1S/C17H19BrN2O2/c1-11-3-2-8-20(10-11)17(21)16-7-6-15(22-16)13-5-4-12(18)9-14(13)19/h4-7,9,11H,2-3,8,10,19H2,1H3/t11-/m1/s1. The SMILES string of the molecule is C[C@@H]1CCCN(C(=O)c2ccc(-c3ccc(Br)cc3N)o2)C1. The first-order valence-electron chi connectivity index (χ1n) is 7.49. The predicted octanol–water partition coefficient (Wildman–Crippen LogP) is 4.16. The molecule has 1 fully saturated rings. The molecule has 1 amide bonds. The van der Waals surface area contributed by atoms with Gasteiger partial charge in [0.2, 0.25) is 0 Å². The second kappa shape index (κ2) is 6.16. The third-order valence-corrected chi connectivity index (χ3v) is 4.53. The van der Waals surface area contributed by atoms with Crippen LogP contribution in [0, 0.1) is 5.92 Å². The highest BCUT2D eigenvalue weighted by Crippen LogP contribution is 2.30. The largest absolute Gasteiger partial charge is 0.451 e. The Labute approximate surface area is 138 Å². The van der Waals surface area contributed by atoms with E-state index in [0.717, 1.165) is 29.5 Å². The number of amides is 1. The molecule has 1 aliphatic heterocycles. The maximum absolute atomic E-state index is 12.5. The number of likely N-dealkylation sites (tertiary alicyclic amines) is 1. The van der Waals surface area contributed by atoms with Gasteiger partial charge < -0.3 is 15.1 Å². The monoisotopic (exact) mass is 362 g/mol. The van der Waals surface area contributed by atoms with Crippen LogP contribution in [0.5, 0.6) is 0 Å². The van der Waals surface area contributed by atoms with E-state index in [1.165, 1.54) is 6.42 Å². The Kier molecular flexibility index (Phi) is 4.25. The van der Waals surface area contributed by atoms with Crippen LogP contribution in [0.4, 0.5) is 5.69 Å². The number of rotatable bonds is 2. The Morgan fingerprint density at radius 1 is 1.36 bits per heavy atom. The van der Waals surface area contributed by atoms with Gasteiger partial charge >= 0.3 is 0 Å². The molecule has 116 valence electrons. The van der Waals surface area contributed by atoms with Crippen LogP contribution in [-0.4, -0.2) is 23.9 Å². The first-order valence-corrected chi connectivity index (χ1v) is 8.28. The molecule has 3 rings (SSSR count). The number of nitrogens with two attached hydrogens (primary N) is 1. The zero-order valence-electron chi connectivity index (χ0n) is 12.5. The van der Waals surface area contributed by atoms with Gasteiger partial charge in [-0.15, -0.1) is 0 Å². The van der Waals surface area contributed by atoms with Crippen molar-refractivity contribution in [1.29, 1.82) is 0 Å². The van der Waals surface area contributed by atoms with Gasteiger partial charge in [0.1, 0.15) is 5.76 Å². The molecule has 2 aromatic rings. The Bertz CT molecular complexity index is 696. The van der Waals surface area contributed by atoms with Crippen LogP contribution in [0.15, 0.2) is 39.2 Å². The van der Waals surface area contributed by atoms with E-state index in [1.807, 2.05) is 23.1 Å². The quantitative estimate of drug-likeness (QED) is 0.815. The fourth-order valence-electron chi connectivity index (χ4n) is 2.89. The van der Waals surface area contributed by atoms with Crippen molar-refractivity contribution in [2.24, 2.45) is 5.92 Å². The van der Waals surface area contributed by atoms with Gasteiger partial charge in [-0.1, -0.05) is 22.9 Å². The third-order valence-electron chi connectivity index (χ3n) is 4.04. The highest BCUT2D eigenvalue weighted by Gasteiger charge is 2.24. The predicted molar refractivity (Wildman–Crippen MR) is 90.6 cm³/mol. The first kappa shape index (κ1) is 15.2. The summed E-state index contributed by atoms with van der Waals surface area (Å²) in [6, 6.07) is 9.15. The van der Waals surface area contributed by atoms with Crippen LogP contribution in [0.3, 0.4) is 0 Å². The molecule has 5 heteroatoms. The van der Waals surface area contributed by atoms with Crippen molar-refractivity contribution in [1.82, 2.24) is 4.90 Å². The molecule has 22 heavy (non-hydrogen) atoms. The molecule has 0 spiro atoms. The smallest absolute Gasteiger partial charge is 0.289 e. The zero-order valence-corrected chi connectivity index (χ0v) is 14.1. The van der Waals surface area contributed by atoms with E-state index in [4.69, 9.17) is 10.2 Å². The van der Waals surface area contributed by atoms with Crippen molar-refractivity contribution >= 4 is 27.5 Å². The lowest BCUT2D eigenvalue weighted by atomic mass is 10.0. The van der Waals surface area contributed by atoms with Gasteiger partial charge in [-0.2, -0.15) is 0 Å². The van der Waals surface area contributed by atoms with Gasteiger partial charge in [0.05, 0.1) is 0 Å². The summed E-state index contributed by atoms with van der Waals surface area (Å²) in [6.45, 7) is 3.78. The Balaban J connectivity index is 1.82. The number of hydrogen-bond donors (Lipinski definition) is 1. The van der Waals surface area contributed by atoms with Crippen LogP contribution in [-0.2, 0) is 0 Å². The summed E-state index contributed by atoms with van der Waals surface area (Å²) in [4.78, 5) is 14.4.